The molecule has 2 heteroatoms. The van der Waals surface area contributed by atoms with E-state index < -0.39 is 0 Å². The van der Waals surface area contributed by atoms with E-state index in [4.69, 9.17) is 0 Å². The minimum Gasteiger partial charge on any atom is -0.293 e. The lowest BCUT2D eigenvalue weighted by molar-refractivity contribution is 0.850. The third kappa shape index (κ3) is 2.75. The topological polar surface area (TPSA) is 24.4 Å². The summed E-state index contributed by atoms with van der Waals surface area (Å²) in [4.78, 5) is 4.04. The summed E-state index contributed by atoms with van der Waals surface area (Å²) in [5.41, 5.74) is 1.22. The van der Waals surface area contributed by atoms with Gasteiger partial charge in [-0.05, 0) is 6.92 Å². The highest BCUT2D eigenvalue weighted by Crippen LogP contribution is 1.80. The van der Waals surface area contributed by atoms with Crippen LogP contribution in [0, 0.1) is 0 Å². The smallest absolute Gasteiger partial charge is 0.0887 e. The molecule has 0 amide bonds. The number of hydrogen-bond donors (Lipinski definition) is 1. The molecule has 1 heterocycles. The Labute approximate surface area is 51.0 Å². The highest BCUT2D eigenvalue weighted by molar-refractivity contribution is 5.85. The number of hydrogen-bond acceptors (Lipinski definition) is 2. The van der Waals surface area contributed by atoms with Crippen LogP contribution in [0.25, 0.3) is 0 Å². The summed E-state index contributed by atoms with van der Waals surface area (Å²) in [6, 6.07) is 0. The summed E-state index contributed by atoms with van der Waals surface area (Å²) in [6.45, 7) is 7.84. The van der Waals surface area contributed by atoms with E-state index in [0.29, 0.717) is 0 Å². The molecule has 0 saturated heterocycles. The summed E-state index contributed by atoms with van der Waals surface area (Å²) in [6.07, 6.45) is 0. The number of rotatable bonds is 0. The fourth-order valence-electron chi connectivity index (χ4n) is 0.484. The second-order valence-corrected chi connectivity index (χ2v) is 1.48. The molecule has 0 radical (unpaired) electrons. The molecule has 0 unspecified atom stereocenters. The van der Waals surface area contributed by atoms with E-state index in [-0.39, 0.29) is 0 Å². The van der Waals surface area contributed by atoms with Gasteiger partial charge in [0, 0.05) is 12.3 Å². The Morgan fingerprint density at radius 2 is 2.12 bits per heavy atom. The van der Waals surface area contributed by atoms with Gasteiger partial charge in [-0.1, -0.05) is 13.8 Å². The van der Waals surface area contributed by atoms with Gasteiger partial charge in [0.2, 0.25) is 0 Å². The maximum Gasteiger partial charge on any atom is 0.0887 e. The molecule has 1 N–H and O–H groups in total. The predicted molar refractivity (Wildman–Crippen MR) is 37.3 cm³/mol. The summed E-state index contributed by atoms with van der Waals surface area (Å²) >= 11 is 0. The Morgan fingerprint density at radius 1 is 1.50 bits per heavy atom. The third-order valence-corrected chi connectivity index (χ3v) is 0.842. The largest absolute Gasteiger partial charge is 0.293 e. The van der Waals surface area contributed by atoms with Gasteiger partial charge in [0.1, 0.15) is 0 Å². The van der Waals surface area contributed by atoms with Crippen molar-refractivity contribution in [2.75, 3.05) is 13.2 Å². The molecule has 0 aromatic carbocycles. The fraction of sp³-hybridized carbons (Fsp3) is 0.833. The summed E-state index contributed by atoms with van der Waals surface area (Å²) in [7, 11) is 0. The second-order valence-electron chi connectivity index (χ2n) is 1.48. The maximum atomic E-state index is 4.04. The van der Waals surface area contributed by atoms with Crippen molar-refractivity contribution < 1.29 is 0 Å². The van der Waals surface area contributed by atoms with Crippen LogP contribution in [0.4, 0.5) is 0 Å². The van der Waals surface area contributed by atoms with Crippen LogP contribution < -0.4 is 5.32 Å². The van der Waals surface area contributed by atoms with Crippen LogP contribution in [0.15, 0.2) is 4.99 Å². The molecule has 48 valence electrons. The van der Waals surface area contributed by atoms with Crippen molar-refractivity contribution in [1.82, 2.24) is 5.32 Å². The lowest BCUT2D eigenvalue weighted by Crippen LogP contribution is -2.10. The zero-order valence-electron chi connectivity index (χ0n) is 5.86. The van der Waals surface area contributed by atoms with Gasteiger partial charge in [-0.2, -0.15) is 0 Å². The molecule has 0 bridgehead atoms. The first-order valence-electron chi connectivity index (χ1n) is 3.10. The molecule has 0 atom stereocenters. The third-order valence-electron chi connectivity index (χ3n) is 0.842. The van der Waals surface area contributed by atoms with Crippen LogP contribution in [-0.4, -0.2) is 18.9 Å². The van der Waals surface area contributed by atoms with E-state index in [1.165, 1.54) is 5.71 Å². The zero-order chi connectivity index (χ0) is 6.41. The van der Waals surface area contributed by atoms with Crippen LogP contribution in [0.1, 0.15) is 20.8 Å². The van der Waals surface area contributed by atoms with Gasteiger partial charge in [0.25, 0.3) is 0 Å². The number of aliphatic imine (C=N–C) groups is 1. The molecular formula is C6H14N2. The first kappa shape index (κ1) is 7.63. The molecule has 0 aromatic heterocycles. The maximum absolute atomic E-state index is 4.04. The van der Waals surface area contributed by atoms with Crippen LogP contribution >= 0.6 is 0 Å². The Kier molecular flexibility index (Phi) is 4.56. The highest BCUT2D eigenvalue weighted by atomic mass is 15.1. The Bertz CT molecular complexity index is 76.6. The Hall–Kier alpha value is -0.370. The van der Waals surface area contributed by atoms with Crippen molar-refractivity contribution in [2.24, 2.45) is 4.99 Å². The molecule has 1 aliphatic rings. The van der Waals surface area contributed by atoms with E-state index in [0.717, 1.165) is 13.2 Å². The van der Waals surface area contributed by atoms with Crippen LogP contribution in [0.3, 0.4) is 0 Å². The standard InChI is InChI=1S/C4H8N2.C2H6/c1-4-2-5-3-6-4;1-2/h5H,2-3H2,1H3;1-2H3. The van der Waals surface area contributed by atoms with Gasteiger partial charge in [-0.25, -0.2) is 0 Å². The number of nitrogens with one attached hydrogen (secondary N) is 1. The molecule has 0 aromatic rings. The number of nitrogens with zero attached hydrogens (tertiary/aromatic N) is 1. The highest BCUT2D eigenvalue weighted by Gasteiger charge is 1.94. The van der Waals surface area contributed by atoms with Gasteiger partial charge in [-0.3, -0.25) is 10.3 Å². The lowest BCUT2D eigenvalue weighted by atomic mass is 10.4. The second kappa shape index (κ2) is 4.78. The Morgan fingerprint density at radius 3 is 2.25 bits per heavy atom. The fourth-order valence-corrected chi connectivity index (χ4v) is 0.484. The van der Waals surface area contributed by atoms with Crippen molar-refractivity contribution in [2.45, 2.75) is 20.8 Å². The summed E-state index contributed by atoms with van der Waals surface area (Å²) in [5.74, 6) is 0. The van der Waals surface area contributed by atoms with Gasteiger partial charge >= 0.3 is 0 Å². The Balaban J connectivity index is 0.000000222. The minimum atomic E-state index is 0.825. The normalized spacial score (nSPS) is 16.6. The van der Waals surface area contributed by atoms with Crippen molar-refractivity contribution in [3.05, 3.63) is 0 Å². The average molecular weight is 114 g/mol. The minimum absolute atomic E-state index is 0.825. The van der Waals surface area contributed by atoms with Gasteiger partial charge in [0.15, 0.2) is 0 Å². The van der Waals surface area contributed by atoms with Crippen molar-refractivity contribution >= 4 is 5.71 Å². The van der Waals surface area contributed by atoms with E-state index in [9.17, 15) is 0 Å². The molecule has 8 heavy (non-hydrogen) atoms. The van der Waals surface area contributed by atoms with E-state index in [2.05, 4.69) is 10.3 Å². The molecule has 2 nitrogen and oxygen atoms in total. The average Bonchev–Trinajstić information content (AvgIpc) is 2.24. The molecule has 0 fully saturated rings. The van der Waals surface area contributed by atoms with E-state index >= 15 is 0 Å². The van der Waals surface area contributed by atoms with Crippen LogP contribution in [0.2, 0.25) is 0 Å². The van der Waals surface area contributed by atoms with Crippen molar-refractivity contribution in [3.63, 3.8) is 0 Å². The quantitative estimate of drug-likeness (QED) is 0.500. The van der Waals surface area contributed by atoms with Gasteiger partial charge in [0.05, 0.1) is 6.67 Å². The van der Waals surface area contributed by atoms with Crippen LogP contribution in [-0.2, 0) is 0 Å². The SMILES string of the molecule is CC.CC1=NCNC1. The lowest BCUT2D eigenvalue weighted by Gasteiger charge is -1.79. The molecule has 1 aliphatic heterocycles. The molecule has 0 saturated carbocycles. The van der Waals surface area contributed by atoms with E-state index in [1.807, 2.05) is 20.8 Å². The monoisotopic (exact) mass is 114 g/mol. The van der Waals surface area contributed by atoms with E-state index in [1.54, 1.807) is 0 Å². The molecule has 1 rings (SSSR count). The zero-order valence-corrected chi connectivity index (χ0v) is 5.86. The van der Waals surface area contributed by atoms with Crippen LogP contribution in [0.5, 0.6) is 0 Å². The first-order chi connectivity index (χ1) is 3.89. The molecular weight excluding hydrogens is 100 g/mol. The summed E-state index contributed by atoms with van der Waals surface area (Å²) in [5, 5.41) is 3.07. The molecule has 0 spiro atoms. The van der Waals surface area contributed by atoms with Gasteiger partial charge in [-0.15, -0.1) is 0 Å². The first-order valence-corrected chi connectivity index (χ1v) is 3.10. The molecule has 0 aliphatic carbocycles. The van der Waals surface area contributed by atoms with Crippen molar-refractivity contribution in [1.29, 1.82) is 0 Å². The summed E-state index contributed by atoms with van der Waals surface area (Å²) < 4.78 is 0. The van der Waals surface area contributed by atoms with Gasteiger partial charge < -0.3 is 0 Å². The van der Waals surface area contributed by atoms with Crippen molar-refractivity contribution in [3.8, 4) is 0 Å². The predicted octanol–water partition coefficient (Wildman–Crippen LogP) is 1.03.